The van der Waals surface area contributed by atoms with Crippen molar-refractivity contribution in [3.8, 4) is 0 Å². The molecule has 26 heavy (non-hydrogen) atoms. The van der Waals surface area contributed by atoms with Crippen LogP contribution in [-0.2, 0) is 28.8 Å². The summed E-state index contributed by atoms with van der Waals surface area (Å²) < 4.78 is 5.19. The Balaban J connectivity index is 1.67. The van der Waals surface area contributed by atoms with Crippen molar-refractivity contribution in [2.24, 2.45) is 0 Å². The maximum Gasteiger partial charge on any atom is 0.341 e. The van der Waals surface area contributed by atoms with Crippen molar-refractivity contribution in [3.05, 3.63) is 51.9 Å². The zero-order valence-corrected chi connectivity index (χ0v) is 16.1. The second-order valence-electron chi connectivity index (χ2n) is 5.95. The van der Waals surface area contributed by atoms with E-state index in [1.165, 1.54) is 16.2 Å². The highest BCUT2D eigenvalue weighted by Gasteiger charge is 2.28. The number of aryl methyl sites for hydroxylation is 1. The number of nitrogens with one attached hydrogen (secondary N) is 2. The number of fused-ring (bicyclic) bond motifs is 1. The van der Waals surface area contributed by atoms with E-state index in [9.17, 15) is 9.59 Å². The van der Waals surface area contributed by atoms with Crippen molar-refractivity contribution in [3.63, 3.8) is 0 Å². The summed E-state index contributed by atoms with van der Waals surface area (Å²) in [7, 11) is 0. The number of benzene rings is 1. The predicted octanol–water partition coefficient (Wildman–Crippen LogP) is 3.47. The maximum absolute atomic E-state index is 12.3. The van der Waals surface area contributed by atoms with Crippen LogP contribution in [0.2, 0.25) is 0 Å². The summed E-state index contributed by atoms with van der Waals surface area (Å²) >= 11 is 6.77. The van der Waals surface area contributed by atoms with E-state index in [1.54, 1.807) is 6.92 Å². The van der Waals surface area contributed by atoms with Crippen molar-refractivity contribution in [2.45, 2.75) is 32.6 Å². The third kappa shape index (κ3) is 4.28. The van der Waals surface area contributed by atoms with Crippen molar-refractivity contribution in [2.75, 3.05) is 11.9 Å². The van der Waals surface area contributed by atoms with Crippen LogP contribution in [0.3, 0.4) is 0 Å². The van der Waals surface area contributed by atoms with Gasteiger partial charge >= 0.3 is 5.97 Å². The molecular formula is C19H20N2O3S2. The minimum atomic E-state index is -0.340. The molecule has 0 saturated heterocycles. The summed E-state index contributed by atoms with van der Waals surface area (Å²) in [6.45, 7) is 2.10. The van der Waals surface area contributed by atoms with Crippen LogP contribution in [0.5, 0.6) is 0 Å². The van der Waals surface area contributed by atoms with Crippen molar-refractivity contribution < 1.29 is 14.3 Å². The zero-order valence-electron chi connectivity index (χ0n) is 14.5. The number of anilines is 1. The lowest BCUT2D eigenvalue weighted by molar-refractivity contribution is -0.119. The molecule has 2 aromatic rings. The molecule has 0 radical (unpaired) electrons. The van der Waals surface area contributed by atoms with E-state index in [0.717, 1.165) is 30.4 Å². The van der Waals surface area contributed by atoms with Gasteiger partial charge in [0.05, 0.1) is 18.6 Å². The van der Waals surface area contributed by atoms with E-state index < -0.39 is 0 Å². The fourth-order valence-corrected chi connectivity index (χ4v) is 4.56. The summed E-state index contributed by atoms with van der Waals surface area (Å²) in [5, 5.41) is 6.53. The first-order valence-corrected chi connectivity index (χ1v) is 9.77. The average Bonchev–Trinajstić information content (AvgIpc) is 3.16. The number of hydrogen-bond donors (Lipinski definition) is 2. The molecular weight excluding hydrogens is 368 g/mol. The van der Waals surface area contributed by atoms with Gasteiger partial charge in [-0.1, -0.05) is 30.3 Å². The van der Waals surface area contributed by atoms with Gasteiger partial charge in [-0.2, -0.15) is 0 Å². The van der Waals surface area contributed by atoms with Gasteiger partial charge in [-0.3, -0.25) is 4.79 Å². The van der Waals surface area contributed by atoms with E-state index in [1.807, 2.05) is 30.3 Å². The Morgan fingerprint density at radius 2 is 2.00 bits per heavy atom. The quantitative estimate of drug-likeness (QED) is 0.606. The average molecular weight is 389 g/mol. The van der Waals surface area contributed by atoms with Crippen LogP contribution in [0, 0.1) is 0 Å². The molecule has 0 aliphatic heterocycles. The number of thiocarbonyl (C=S) groups is 1. The first-order valence-electron chi connectivity index (χ1n) is 8.55. The van der Waals surface area contributed by atoms with Crippen molar-refractivity contribution in [1.82, 2.24) is 5.32 Å². The van der Waals surface area contributed by atoms with Gasteiger partial charge in [0.25, 0.3) is 0 Å². The highest BCUT2D eigenvalue weighted by atomic mass is 32.1. The topological polar surface area (TPSA) is 67.4 Å². The summed E-state index contributed by atoms with van der Waals surface area (Å²) in [6.07, 6.45) is 3.12. The highest BCUT2D eigenvalue weighted by molar-refractivity contribution is 7.80. The molecule has 0 atom stereocenters. The van der Waals surface area contributed by atoms with Crippen LogP contribution in [0.15, 0.2) is 30.3 Å². The lowest BCUT2D eigenvalue weighted by atomic mass is 10.1. The number of esters is 1. The maximum atomic E-state index is 12.3. The molecule has 1 aromatic heterocycles. The van der Waals surface area contributed by atoms with E-state index in [4.69, 9.17) is 17.0 Å². The minimum Gasteiger partial charge on any atom is -0.462 e. The molecule has 2 N–H and O–H groups in total. The van der Waals surface area contributed by atoms with Gasteiger partial charge < -0.3 is 15.4 Å². The van der Waals surface area contributed by atoms with Gasteiger partial charge in [0.15, 0.2) is 5.11 Å². The molecule has 0 fully saturated rings. The second-order valence-corrected chi connectivity index (χ2v) is 7.46. The van der Waals surface area contributed by atoms with Crippen LogP contribution in [0.4, 0.5) is 5.00 Å². The molecule has 7 heteroatoms. The molecule has 0 spiro atoms. The fraction of sp³-hybridized carbons (Fsp3) is 0.316. The first-order chi connectivity index (χ1) is 12.6. The molecule has 5 nitrogen and oxygen atoms in total. The largest absolute Gasteiger partial charge is 0.462 e. The normalized spacial score (nSPS) is 12.3. The SMILES string of the molecule is CCOC(=O)c1c(NC(=S)NC(=O)Cc2ccccc2)sc2c1CCC2. The van der Waals surface area contributed by atoms with Gasteiger partial charge in [0, 0.05) is 4.88 Å². The first kappa shape index (κ1) is 18.5. The van der Waals surface area contributed by atoms with Gasteiger partial charge in [-0.25, -0.2) is 4.79 Å². The number of hydrogen-bond acceptors (Lipinski definition) is 5. The molecule has 1 aliphatic carbocycles. The van der Waals surface area contributed by atoms with Crippen LogP contribution < -0.4 is 10.6 Å². The molecule has 1 aromatic carbocycles. The van der Waals surface area contributed by atoms with Crippen LogP contribution >= 0.6 is 23.6 Å². The summed E-state index contributed by atoms with van der Waals surface area (Å²) in [4.78, 5) is 25.7. The zero-order chi connectivity index (χ0) is 18.5. The third-order valence-electron chi connectivity index (χ3n) is 4.09. The Labute approximate surface area is 161 Å². The fourth-order valence-electron chi connectivity index (χ4n) is 3.00. The Kier molecular flexibility index (Phi) is 6.00. The standard InChI is InChI=1S/C19H20N2O3S2/c1-2-24-18(23)16-13-9-6-10-14(13)26-17(16)21-19(25)20-15(22)11-12-7-4-3-5-8-12/h3-5,7-8H,2,6,9-11H2,1H3,(H2,20,21,22,25). The smallest absolute Gasteiger partial charge is 0.341 e. The molecule has 136 valence electrons. The molecule has 1 heterocycles. The Morgan fingerprint density at radius 1 is 1.23 bits per heavy atom. The minimum absolute atomic E-state index is 0.191. The number of rotatable bonds is 5. The second kappa shape index (κ2) is 8.42. The predicted molar refractivity (Wildman–Crippen MR) is 107 cm³/mol. The van der Waals surface area contributed by atoms with E-state index in [2.05, 4.69) is 10.6 Å². The van der Waals surface area contributed by atoms with Crippen LogP contribution in [0.1, 0.15) is 39.7 Å². The van der Waals surface area contributed by atoms with E-state index in [-0.39, 0.29) is 23.4 Å². The Hall–Kier alpha value is -2.25. The van der Waals surface area contributed by atoms with Crippen molar-refractivity contribution in [1.29, 1.82) is 0 Å². The third-order valence-corrected chi connectivity index (χ3v) is 5.50. The summed E-state index contributed by atoms with van der Waals surface area (Å²) in [6, 6.07) is 9.45. The van der Waals surface area contributed by atoms with Crippen LogP contribution in [-0.4, -0.2) is 23.6 Å². The number of amides is 1. The lowest BCUT2D eigenvalue weighted by Gasteiger charge is -2.11. The monoisotopic (exact) mass is 388 g/mol. The van der Waals surface area contributed by atoms with Crippen LogP contribution in [0.25, 0.3) is 0 Å². The number of carbonyl (C=O) groups is 2. The highest BCUT2D eigenvalue weighted by Crippen LogP contribution is 2.39. The Morgan fingerprint density at radius 3 is 2.73 bits per heavy atom. The molecule has 0 saturated carbocycles. The lowest BCUT2D eigenvalue weighted by Crippen LogP contribution is -2.35. The number of thiophene rings is 1. The van der Waals surface area contributed by atoms with Gasteiger partial charge in [-0.05, 0) is 49.5 Å². The van der Waals surface area contributed by atoms with Crippen molar-refractivity contribution >= 4 is 45.5 Å². The molecule has 3 rings (SSSR count). The van der Waals surface area contributed by atoms with Gasteiger partial charge in [0.1, 0.15) is 5.00 Å². The Bertz CT molecular complexity index is 831. The summed E-state index contributed by atoms with van der Waals surface area (Å²) in [5.74, 6) is -0.539. The molecule has 1 aliphatic rings. The van der Waals surface area contributed by atoms with Gasteiger partial charge in [0.2, 0.25) is 5.91 Å². The number of carbonyl (C=O) groups excluding carboxylic acids is 2. The molecule has 0 unspecified atom stereocenters. The van der Waals surface area contributed by atoms with E-state index >= 15 is 0 Å². The number of ether oxygens (including phenoxy) is 1. The van der Waals surface area contributed by atoms with E-state index in [0.29, 0.717) is 17.2 Å². The van der Waals surface area contributed by atoms with Gasteiger partial charge in [-0.15, -0.1) is 11.3 Å². The summed E-state index contributed by atoms with van der Waals surface area (Å²) in [5.41, 5.74) is 2.52. The molecule has 1 amide bonds. The molecule has 0 bridgehead atoms.